The highest BCUT2D eigenvalue weighted by atomic mass is 16.6. The fourth-order valence-corrected chi connectivity index (χ4v) is 5.57. The van der Waals surface area contributed by atoms with E-state index in [0.717, 1.165) is 25.3 Å². The average molecular weight is 594 g/mol. The first-order valence-electron chi connectivity index (χ1n) is 13.9. The zero-order valence-corrected chi connectivity index (χ0v) is 23.3. The molecular formula is C31H31NO11. The van der Waals surface area contributed by atoms with E-state index >= 15 is 0 Å². The summed E-state index contributed by atoms with van der Waals surface area (Å²) >= 11 is 0. The summed E-state index contributed by atoms with van der Waals surface area (Å²) in [6.45, 7) is 0.783. The van der Waals surface area contributed by atoms with E-state index in [1.165, 1.54) is 19.2 Å². The molecule has 0 saturated carbocycles. The SMILES string of the molecule is COc1cc(C2Oc3cc([C@H]4Oc5cc(OC(=O)N6CCCCC6)cc(O)c5C(=O)[C@@H]4O)ccc3OC2CO)ccc1O. The van der Waals surface area contributed by atoms with E-state index < -0.39 is 42.0 Å². The number of hydrogen-bond acceptors (Lipinski definition) is 11. The lowest BCUT2D eigenvalue weighted by Crippen LogP contribution is -2.38. The van der Waals surface area contributed by atoms with Crippen molar-refractivity contribution in [1.82, 2.24) is 4.90 Å². The van der Waals surface area contributed by atoms with Crippen LogP contribution < -0.4 is 23.7 Å². The van der Waals surface area contributed by atoms with Crippen molar-refractivity contribution in [3.63, 3.8) is 0 Å². The fourth-order valence-electron chi connectivity index (χ4n) is 5.57. The summed E-state index contributed by atoms with van der Waals surface area (Å²) in [7, 11) is 1.42. The van der Waals surface area contributed by atoms with Gasteiger partial charge in [-0.15, -0.1) is 0 Å². The number of Topliss-reactive ketones (excluding diaryl/α,β-unsaturated/α-hetero) is 1. The molecule has 3 aliphatic heterocycles. The van der Waals surface area contributed by atoms with Crippen molar-refractivity contribution in [1.29, 1.82) is 0 Å². The third kappa shape index (κ3) is 5.35. The number of hydrogen-bond donors (Lipinski definition) is 4. The number of rotatable bonds is 5. The molecule has 1 amide bonds. The number of ketones is 1. The molecule has 3 heterocycles. The van der Waals surface area contributed by atoms with Crippen LogP contribution in [-0.2, 0) is 0 Å². The Morgan fingerprint density at radius 3 is 2.35 bits per heavy atom. The molecule has 4 N–H and O–H groups in total. The van der Waals surface area contributed by atoms with Gasteiger partial charge in [-0.25, -0.2) is 4.79 Å². The molecule has 0 aromatic heterocycles. The molecule has 0 spiro atoms. The molecule has 12 nitrogen and oxygen atoms in total. The number of nitrogens with zero attached hydrogens (tertiary/aromatic N) is 1. The van der Waals surface area contributed by atoms with Crippen LogP contribution in [0.3, 0.4) is 0 Å². The van der Waals surface area contributed by atoms with E-state index in [9.17, 15) is 30.0 Å². The number of phenols is 2. The van der Waals surface area contributed by atoms with E-state index in [-0.39, 0.29) is 40.9 Å². The summed E-state index contributed by atoms with van der Waals surface area (Å²) in [5, 5.41) is 41.5. The van der Waals surface area contributed by atoms with Crippen molar-refractivity contribution < 1.29 is 53.7 Å². The smallest absolute Gasteiger partial charge is 0.415 e. The van der Waals surface area contributed by atoms with Crippen LogP contribution in [0, 0.1) is 0 Å². The number of carbonyl (C=O) groups is 2. The number of fused-ring (bicyclic) bond motifs is 2. The summed E-state index contributed by atoms with van der Waals surface area (Å²) < 4.78 is 28.9. The second-order valence-electron chi connectivity index (χ2n) is 10.6. The van der Waals surface area contributed by atoms with Crippen molar-refractivity contribution in [3.05, 3.63) is 65.2 Å². The predicted molar refractivity (Wildman–Crippen MR) is 149 cm³/mol. The molecule has 0 aliphatic carbocycles. The topological polar surface area (TPSA) is 164 Å². The summed E-state index contributed by atoms with van der Waals surface area (Å²) in [6, 6.07) is 11.8. The molecule has 0 radical (unpaired) electrons. The maximum atomic E-state index is 13.2. The van der Waals surface area contributed by atoms with Crippen LogP contribution in [0.2, 0.25) is 0 Å². The van der Waals surface area contributed by atoms with Gasteiger partial charge in [0.05, 0.1) is 13.7 Å². The lowest BCUT2D eigenvalue weighted by Gasteiger charge is -2.35. The largest absolute Gasteiger partial charge is 0.507 e. The van der Waals surface area contributed by atoms with E-state index in [2.05, 4.69) is 0 Å². The van der Waals surface area contributed by atoms with Gasteiger partial charge in [-0.1, -0.05) is 12.1 Å². The fraction of sp³-hybridized carbons (Fsp3) is 0.355. The van der Waals surface area contributed by atoms with Gasteiger partial charge in [0, 0.05) is 30.8 Å². The first-order valence-corrected chi connectivity index (χ1v) is 13.9. The Morgan fingerprint density at radius 1 is 0.884 bits per heavy atom. The van der Waals surface area contributed by atoms with Crippen molar-refractivity contribution in [2.24, 2.45) is 0 Å². The van der Waals surface area contributed by atoms with Crippen LogP contribution >= 0.6 is 0 Å². The second kappa shape index (κ2) is 11.5. The maximum absolute atomic E-state index is 13.2. The number of likely N-dealkylation sites (tertiary alicyclic amines) is 1. The number of aliphatic hydroxyl groups excluding tert-OH is 2. The van der Waals surface area contributed by atoms with Crippen LogP contribution in [-0.4, -0.2) is 76.2 Å². The molecule has 6 rings (SSSR count). The van der Waals surface area contributed by atoms with Crippen molar-refractivity contribution >= 4 is 11.9 Å². The van der Waals surface area contributed by atoms with Gasteiger partial charge >= 0.3 is 6.09 Å². The highest BCUT2D eigenvalue weighted by molar-refractivity contribution is 6.05. The summed E-state index contributed by atoms with van der Waals surface area (Å²) in [5.41, 5.74) is 0.727. The molecule has 3 aromatic carbocycles. The summed E-state index contributed by atoms with van der Waals surface area (Å²) in [5.74, 6) is -0.544. The number of amides is 1. The maximum Gasteiger partial charge on any atom is 0.415 e. The lowest BCUT2D eigenvalue weighted by molar-refractivity contribution is -0.0130. The highest BCUT2D eigenvalue weighted by Gasteiger charge is 2.41. The Hall–Kier alpha value is -4.68. The first-order chi connectivity index (χ1) is 20.8. The van der Waals surface area contributed by atoms with Gasteiger partial charge in [0.2, 0.25) is 5.78 Å². The quantitative estimate of drug-likeness (QED) is 0.341. The predicted octanol–water partition coefficient (Wildman–Crippen LogP) is 3.64. The minimum absolute atomic E-state index is 0.000786. The van der Waals surface area contributed by atoms with Crippen molar-refractivity contribution in [2.45, 2.75) is 43.7 Å². The van der Waals surface area contributed by atoms with Crippen LogP contribution in [0.1, 0.15) is 53.0 Å². The van der Waals surface area contributed by atoms with Gasteiger partial charge in [-0.2, -0.15) is 0 Å². The number of phenolic OH excluding ortho intramolecular Hbond substituents is 2. The highest BCUT2D eigenvalue weighted by Crippen LogP contribution is 2.46. The molecular weight excluding hydrogens is 562 g/mol. The van der Waals surface area contributed by atoms with Gasteiger partial charge in [0.1, 0.15) is 22.8 Å². The van der Waals surface area contributed by atoms with Gasteiger partial charge in [-0.05, 0) is 49.1 Å². The number of methoxy groups -OCH3 is 1. The Kier molecular flexibility index (Phi) is 7.63. The summed E-state index contributed by atoms with van der Waals surface area (Å²) in [6.07, 6.45) is -2.18. The van der Waals surface area contributed by atoms with Crippen LogP contribution in [0.5, 0.6) is 40.2 Å². The number of piperidine rings is 1. The van der Waals surface area contributed by atoms with E-state index in [1.807, 2.05) is 0 Å². The standard InChI is InChI=1S/C31H31NO11/c1-39-22-11-16(5-7-19(22)34)29-25(15-33)41-21-8-6-17(12-23(21)42-29)30-28(37)27(36)26-20(35)13-18(14-24(26)43-30)40-31(38)32-9-3-2-4-10-32/h5-8,11-14,25,28-30,33-35,37H,2-4,9-10,15H2,1H3/t25?,28-,29?,30+/m0/s1. The lowest BCUT2D eigenvalue weighted by atomic mass is 9.92. The Morgan fingerprint density at radius 2 is 1.60 bits per heavy atom. The zero-order chi connectivity index (χ0) is 30.2. The van der Waals surface area contributed by atoms with Gasteiger partial charge in [0.15, 0.2) is 47.4 Å². The normalized spacial score (nSPS) is 22.8. The summed E-state index contributed by atoms with van der Waals surface area (Å²) in [4.78, 5) is 27.4. The second-order valence-corrected chi connectivity index (χ2v) is 10.6. The van der Waals surface area contributed by atoms with Crippen molar-refractivity contribution in [3.8, 4) is 40.2 Å². The third-order valence-corrected chi connectivity index (χ3v) is 7.81. The van der Waals surface area contributed by atoms with E-state index in [0.29, 0.717) is 30.0 Å². The molecule has 3 aliphatic rings. The Bertz CT molecular complexity index is 1550. The van der Waals surface area contributed by atoms with Crippen LogP contribution in [0.25, 0.3) is 0 Å². The molecule has 3 aromatic rings. The number of aliphatic hydroxyl groups is 2. The average Bonchev–Trinajstić information content (AvgIpc) is 3.02. The van der Waals surface area contributed by atoms with Gasteiger partial charge in [0.25, 0.3) is 0 Å². The number of ether oxygens (including phenoxy) is 5. The van der Waals surface area contributed by atoms with E-state index in [1.54, 1.807) is 35.2 Å². The molecule has 226 valence electrons. The number of benzene rings is 3. The Labute approximate surface area is 246 Å². The minimum atomic E-state index is -1.66. The van der Waals surface area contributed by atoms with Crippen LogP contribution in [0.15, 0.2) is 48.5 Å². The third-order valence-electron chi connectivity index (χ3n) is 7.81. The monoisotopic (exact) mass is 593 g/mol. The molecule has 12 heteroatoms. The zero-order valence-electron chi connectivity index (χ0n) is 23.3. The molecule has 1 saturated heterocycles. The van der Waals surface area contributed by atoms with Crippen LogP contribution in [0.4, 0.5) is 4.79 Å². The molecule has 4 atom stereocenters. The van der Waals surface area contributed by atoms with E-state index in [4.69, 9.17) is 23.7 Å². The molecule has 1 fully saturated rings. The van der Waals surface area contributed by atoms with Crippen molar-refractivity contribution in [2.75, 3.05) is 26.8 Å². The molecule has 43 heavy (non-hydrogen) atoms. The Balaban J connectivity index is 1.27. The van der Waals surface area contributed by atoms with Gasteiger partial charge < -0.3 is 49.0 Å². The van der Waals surface area contributed by atoms with Gasteiger partial charge in [-0.3, -0.25) is 4.79 Å². The first kappa shape index (κ1) is 28.4. The minimum Gasteiger partial charge on any atom is -0.507 e. The molecule has 2 unspecified atom stereocenters. The molecule has 0 bridgehead atoms. The number of aromatic hydroxyl groups is 2. The number of carbonyl (C=O) groups excluding carboxylic acids is 2.